The summed E-state index contributed by atoms with van der Waals surface area (Å²) >= 11 is 0. The molecule has 0 saturated carbocycles. The van der Waals surface area contributed by atoms with Gasteiger partial charge in [-0.15, -0.1) is 0 Å². The predicted molar refractivity (Wildman–Crippen MR) is 63.5 cm³/mol. The van der Waals surface area contributed by atoms with Crippen LogP contribution in [-0.4, -0.2) is 20.2 Å². The Balaban J connectivity index is 3.27. The zero-order valence-corrected chi connectivity index (χ0v) is 10.4. The van der Waals surface area contributed by atoms with Crippen molar-refractivity contribution in [3.05, 3.63) is 30.3 Å². The van der Waals surface area contributed by atoms with Gasteiger partial charge in [-0.25, -0.2) is 8.42 Å². The Bertz CT molecular complexity index is 418. The van der Waals surface area contributed by atoms with Crippen LogP contribution in [0, 0.1) is 0 Å². The van der Waals surface area contributed by atoms with Crippen LogP contribution in [0.1, 0.15) is 20.8 Å². The molecule has 0 N–H and O–H groups in total. The molecule has 15 heavy (non-hydrogen) atoms. The second kappa shape index (κ2) is 3.85. The van der Waals surface area contributed by atoms with Gasteiger partial charge in [-0.05, 0) is 32.9 Å². The lowest BCUT2D eigenvalue weighted by Crippen LogP contribution is -2.45. The van der Waals surface area contributed by atoms with Crippen LogP contribution in [0.25, 0.3) is 0 Å². The van der Waals surface area contributed by atoms with E-state index in [1.165, 1.54) is 10.6 Å². The van der Waals surface area contributed by atoms with Crippen LogP contribution in [0.5, 0.6) is 0 Å². The van der Waals surface area contributed by atoms with Gasteiger partial charge in [0.1, 0.15) is 0 Å². The van der Waals surface area contributed by atoms with Crippen molar-refractivity contribution in [2.45, 2.75) is 26.3 Å². The van der Waals surface area contributed by atoms with Gasteiger partial charge in [0.15, 0.2) is 0 Å². The summed E-state index contributed by atoms with van der Waals surface area (Å²) in [5.74, 6) is 0. The number of hydrogen-bond acceptors (Lipinski definition) is 2. The van der Waals surface area contributed by atoms with E-state index in [4.69, 9.17) is 0 Å². The Labute approximate surface area is 91.8 Å². The molecule has 0 amide bonds. The summed E-state index contributed by atoms with van der Waals surface area (Å²) in [7, 11) is -3.24. The average Bonchev–Trinajstić information content (AvgIpc) is 2.00. The van der Waals surface area contributed by atoms with Gasteiger partial charge in [0, 0.05) is 5.54 Å². The highest BCUT2D eigenvalue weighted by atomic mass is 32.2. The number of hydrogen-bond donors (Lipinski definition) is 0. The largest absolute Gasteiger partial charge is 0.265 e. The minimum absolute atomic E-state index is 0.449. The summed E-state index contributed by atoms with van der Waals surface area (Å²) in [5, 5.41) is 0. The highest BCUT2D eigenvalue weighted by molar-refractivity contribution is 7.92. The first kappa shape index (κ1) is 12.0. The van der Waals surface area contributed by atoms with E-state index in [9.17, 15) is 8.42 Å². The molecule has 0 aromatic heterocycles. The first-order chi connectivity index (χ1) is 6.73. The van der Waals surface area contributed by atoms with Gasteiger partial charge < -0.3 is 0 Å². The smallest absolute Gasteiger partial charge is 0.232 e. The number of benzene rings is 1. The lowest BCUT2D eigenvalue weighted by Gasteiger charge is -2.35. The van der Waals surface area contributed by atoms with Gasteiger partial charge in [0.25, 0.3) is 0 Å². The lowest BCUT2D eigenvalue weighted by atomic mass is 10.1. The molecule has 1 rings (SSSR count). The van der Waals surface area contributed by atoms with E-state index in [0.717, 1.165) is 0 Å². The summed E-state index contributed by atoms with van der Waals surface area (Å²) in [4.78, 5) is 0. The van der Waals surface area contributed by atoms with E-state index in [2.05, 4.69) is 0 Å². The van der Waals surface area contributed by atoms with Gasteiger partial charge in [-0.2, -0.15) is 0 Å². The maximum absolute atomic E-state index is 11.7. The molecule has 1 aromatic rings. The fraction of sp³-hybridized carbons (Fsp3) is 0.455. The molecule has 0 heterocycles. The van der Waals surface area contributed by atoms with E-state index < -0.39 is 15.6 Å². The molecular weight excluding hydrogens is 210 g/mol. The van der Waals surface area contributed by atoms with Gasteiger partial charge in [0.2, 0.25) is 10.0 Å². The fourth-order valence-corrected chi connectivity index (χ4v) is 3.14. The minimum Gasteiger partial charge on any atom is -0.265 e. The molecule has 0 aliphatic rings. The maximum Gasteiger partial charge on any atom is 0.232 e. The Hall–Kier alpha value is -1.03. The van der Waals surface area contributed by atoms with E-state index in [-0.39, 0.29) is 0 Å². The van der Waals surface area contributed by atoms with Crippen molar-refractivity contribution in [1.82, 2.24) is 0 Å². The molecule has 1 aromatic carbocycles. The summed E-state index contributed by atoms with van der Waals surface area (Å²) < 4.78 is 24.8. The standard InChI is InChI=1S/C11H17NO2S/c1-11(2,3)12(15(4,13)14)10-8-6-5-7-9-10/h5-9H,1-4H3. The summed E-state index contributed by atoms with van der Waals surface area (Å²) in [6.07, 6.45) is 1.23. The lowest BCUT2D eigenvalue weighted by molar-refractivity contribution is 0.540. The first-order valence-electron chi connectivity index (χ1n) is 4.78. The van der Waals surface area contributed by atoms with Crippen LogP contribution in [0.3, 0.4) is 0 Å². The van der Waals surface area contributed by atoms with Crippen molar-refractivity contribution in [2.75, 3.05) is 10.6 Å². The number of para-hydroxylation sites is 1. The van der Waals surface area contributed by atoms with E-state index in [1.54, 1.807) is 12.1 Å². The summed E-state index contributed by atoms with van der Waals surface area (Å²) in [6, 6.07) is 9.13. The van der Waals surface area contributed by atoms with Crippen molar-refractivity contribution in [2.24, 2.45) is 0 Å². The second-order valence-electron chi connectivity index (χ2n) is 4.53. The second-order valence-corrected chi connectivity index (χ2v) is 6.36. The van der Waals surface area contributed by atoms with E-state index in [0.29, 0.717) is 5.69 Å². The van der Waals surface area contributed by atoms with Crippen LogP contribution in [-0.2, 0) is 10.0 Å². The number of nitrogens with zero attached hydrogens (tertiary/aromatic N) is 1. The van der Waals surface area contributed by atoms with Crippen molar-refractivity contribution in [1.29, 1.82) is 0 Å². The maximum atomic E-state index is 11.7. The molecular formula is C11H17NO2S. The third kappa shape index (κ3) is 2.96. The molecule has 0 saturated heterocycles. The molecule has 0 fully saturated rings. The molecule has 0 aliphatic heterocycles. The van der Waals surface area contributed by atoms with Crippen molar-refractivity contribution in [3.8, 4) is 0 Å². The van der Waals surface area contributed by atoms with Crippen LogP contribution in [0.15, 0.2) is 30.3 Å². The van der Waals surface area contributed by atoms with E-state index in [1.807, 2.05) is 39.0 Å². The quantitative estimate of drug-likeness (QED) is 0.777. The average molecular weight is 227 g/mol. The monoisotopic (exact) mass is 227 g/mol. The molecule has 0 spiro atoms. The summed E-state index contributed by atoms with van der Waals surface area (Å²) in [5.41, 5.74) is 0.252. The molecule has 0 bridgehead atoms. The third-order valence-electron chi connectivity index (χ3n) is 1.93. The molecule has 0 aliphatic carbocycles. The van der Waals surface area contributed by atoms with Crippen molar-refractivity contribution >= 4 is 15.7 Å². The van der Waals surface area contributed by atoms with Gasteiger partial charge in [0.05, 0.1) is 11.9 Å². The molecule has 84 valence electrons. The molecule has 0 radical (unpaired) electrons. The Morgan fingerprint density at radius 2 is 1.53 bits per heavy atom. The topological polar surface area (TPSA) is 37.4 Å². The predicted octanol–water partition coefficient (Wildman–Crippen LogP) is 2.25. The summed E-state index contributed by atoms with van der Waals surface area (Å²) in [6.45, 7) is 5.63. The molecule has 0 unspecified atom stereocenters. The van der Waals surface area contributed by atoms with Crippen LogP contribution in [0.2, 0.25) is 0 Å². The Morgan fingerprint density at radius 3 is 1.87 bits per heavy atom. The number of anilines is 1. The fourth-order valence-electron chi connectivity index (χ4n) is 1.64. The molecule has 3 nitrogen and oxygen atoms in total. The van der Waals surface area contributed by atoms with Crippen molar-refractivity contribution in [3.63, 3.8) is 0 Å². The zero-order chi connectivity index (χ0) is 11.7. The first-order valence-corrected chi connectivity index (χ1v) is 6.63. The van der Waals surface area contributed by atoms with Crippen LogP contribution < -0.4 is 4.31 Å². The van der Waals surface area contributed by atoms with E-state index >= 15 is 0 Å². The number of sulfonamides is 1. The molecule has 4 heteroatoms. The van der Waals surface area contributed by atoms with Gasteiger partial charge >= 0.3 is 0 Å². The normalized spacial score (nSPS) is 12.5. The van der Waals surface area contributed by atoms with Gasteiger partial charge in [-0.1, -0.05) is 18.2 Å². The van der Waals surface area contributed by atoms with Crippen molar-refractivity contribution < 1.29 is 8.42 Å². The van der Waals surface area contributed by atoms with Gasteiger partial charge in [-0.3, -0.25) is 4.31 Å². The minimum atomic E-state index is -3.24. The number of rotatable bonds is 2. The van der Waals surface area contributed by atoms with Crippen LogP contribution in [0.4, 0.5) is 5.69 Å². The molecule has 0 atom stereocenters. The Morgan fingerprint density at radius 1 is 1.07 bits per heavy atom. The highest BCUT2D eigenvalue weighted by Gasteiger charge is 2.29. The van der Waals surface area contributed by atoms with Crippen LogP contribution >= 0.6 is 0 Å². The SMILES string of the molecule is CC(C)(C)N(c1ccccc1)S(C)(=O)=O. The highest BCUT2D eigenvalue weighted by Crippen LogP contribution is 2.26. The Kier molecular flexibility index (Phi) is 3.09. The zero-order valence-electron chi connectivity index (χ0n) is 9.56. The third-order valence-corrected chi connectivity index (χ3v) is 3.35.